The molecule has 0 aromatic rings. The molecule has 0 radical (unpaired) electrons. The molecule has 0 bridgehead atoms. The maximum atomic E-state index is 12.7. The predicted octanol–water partition coefficient (Wildman–Crippen LogP) is 15.5. The zero-order valence-corrected chi connectivity index (χ0v) is 37.6. The number of ether oxygens (including phenoxy) is 3. The van der Waals surface area contributed by atoms with E-state index >= 15 is 0 Å². The molecule has 0 heterocycles. The summed E-state index contributed by atoms with van der Waals surface area (Å²) in [4.78, 5) is 37.8. The summed E-state index contributed by atoms with van der Waals surface area (Å²) in [6, 6.07) is 0. The number of carbonyl (C=O) groups excluding carboxylic acids is 3. The lowest BCUT2D eigenvalue weighted by molar-refractivity contribution is -0.167. The van der Waals surface area contributed by atoms with Gasteiger partial charge in [0, 0.05) is 19.3 Å². The number of esters is 3. The van der Waals surface area contributed by atoms with Crippen LogP contribution in [-0.2, 0) is 28.6 Å². The van der Waals surface area contributed by atoms with Crippen molar-refractivity contribution >= 4 is 17.9 Å². The zero-order valence-electron chi connectivity index (χ0n) is 37.6. The van der Waals surface area contributed by atoms with Crippen LogP contribution in [-0.4, -0.2) is 37.2 Å². The van der Waals surface area contributed by atoms with Gasteiger partial charge >= 0.3 is 17.9 Å². The van der Waals surface area contributed by atoms with Crippen LogP contribution < -0.4 is 0 Å². The van der Waals surface area contributed by atoms with Gasteiger partial charge in [-0.1, -0.05) is 198 Å². The second kappa shape index (κ2) is 46.1. The van der Waals surface area contributed by atoms with Crippen molar-refractivity contribution in [1.29, 1.82) is 0 Å². The van der Waals surface area contributed by atoms with Crippen molar-refractivity contribution < 1.29 is 28.6 Å². The molecule has 0 aliphatic heterocycles. The van der Waals surface area contributed by atoms with Crippen molar-refractivity contribution in [3.63, 3.8) is 0 Å². The summed E-state index contributed by atoms with van der Waals surface area (Å²) in [6.07, 6.45) is 53.8. The summed E-state index contributed by atoms with van der Waals surface area (Å²) >= 11 is 0. The van der Waals surface area contributed by atoms with Gasteiger partial charge in [-0.05, 0) is 70.6 Å². The van der Waals surface area contributed by atoms with Crippen LogP contribution in [0, 0.1) is 0 Å². The summed E-state index contributed by atoms with van der Waals surface area (Å²) in [6.45, 7) is 6.43. The fourth-order valence-electron chi connectivity index (χ4n) is 6.69. The van der Waals surface area contributed by atoms with E-state index in [9.17, 15) is 14.4 Å². The molecule has 0 N–H and O–H groups in total. The van der Waals surface area contributed by atoms with Gasteiger partial charge in [0.1, 0.15) is 13.2 Å². The highest BCUT2D eigenvalue weighted by atomic mass is 16.6. The Labute approximate surface area is 352 Å². The van der Waals surface area contributed by atoms with Gasteiger partial charge in [0.2, 0.25) is 0 Å². The van der Waals surface area contributed by atoms with Crippen LogP contribution in [0.4, 0.5) is 0 Å². The first-order chi connectivity index (χ1) is 28.0. The van der Waals surface area contributed by atoms with Crippen LogP contribution in [0.3, 0.4) is 0 Å². The fraction of sp³-hybridized carbons (Fsp3) is 0.784. The zero-order chi connectivity index (χ0) is 41.5. The van der Waals surface area contributed by atoms with Gasteiger partial charge in [0.25, 0.3) is 0 Å². The van der Waals surface area contributed by atoms with Gasteiger partial charge in [-0.2, -0.15) is 0 Å². The van der Waals surface area contributed by atoms with E-state index in [0.29, 0.717) is 19.3 Å². The summed E-state index contributed by atoms with van der Waals surface area (Å²) in [5.74, 6) is -0.923. The van der Waals surface area contributed by atoms with Gasteiger partial charge in [-0.25, -0.2) is 0 Å². The standard InChI is InChI=1S/C51H90O6/c1-4-7-10-13-16-19-22-24-25-26-28-29-32-35-38-41-44-50(53)56-47-48(46-55-49(52)43-40-37-34-31-21-18-15-12-9-6-3)57-51(54)45-42-39-36-33-30-27-23-20-17-14-11-8-5-2/h8,11-12,15,17,20,27,30,48H,4-7,9-10,13-14,16,18-19,21-26,28-29,31-47H2,1-3H3/b11-8-,15-12-,20-17-,30-27-. The highest BCUT2D eigenvalue weighted by Gasteiger charge is 2.19. The number of hydrogen-bond acceptors (Lipinski definition) is 6. The molecule has 0 aromatic carbocycles. The van der Waals surface area contributed by atoms with Gasteiger partial charge in [0.05, 0.1) is 0 Å². The number of allylic oxidation sites excluding steroid dienone is 8. The molecule has 0 rings (SSSR count). The smallest absolute Gasteiger partial charge is 0.306 e. The van der Waals surface area contributed by atoms with Gasteiger partial charge in [-0.15, -0.1) is 0 Å². The molecule has 0 aromatic heterocycles. The number of unbranched alkanes of at least 4 members (excludes halogenated alkanes) is 24. The first-order valence-electron chi connectivity index (χ1n) is 24.1. The normalized spacial score (nSPS) is 12.4. The number of rotatable bonds is 43. The summed E-state index contributed by atoms with van der Waals surface area (Å²) < 4.78 is 16.7. The van der Waals surface area contributed by atoms with Crippen LogP contribution in [0.5, 0.6) is 0 Å². The molecule has 1 unspecified atom stereocenters. The number of hydrogen-bond donors (Lipinski definition) is 0. The van der Waals surface area contributed by atoms with Crippen LogP contribution in [0.25, 0.3) is 0 Å². The average Bonchev–Trinajstić information content (AvgIpc) is 3.21. The summed E-state index contributed by atoms with van der Waals surface area (Å²) in [5.41, 5.74) is 0. The minimum Gasteiger partial charge on any atom is -0.462 e. The minimum absolute atomic E-state index is 0.0858. The van der Waals surface area contributed by atoms with Crippen LogP contribution in [0.1, 0.15) is 239 Å². The van der Waals surface area contributed by atoms with E-state index in [4.69, 9.17) is 14.2 Å². The topological polar surface area (TPSA) is 78.9 Å². The Morgan fingerprint density at radius 2 is 0.719 bits per heavy atom. The lowest BCUT2D eigenvalue weighted by Crippen LogP contribution is -2.30. The first kappa shape index (κ1) is 54.4. The Morgan fingerprint density at radius 3 is 1.18 bits per heavy atom. The predicted molar refractivity (Wildman–Crippen MR) is 242 cm³/mol. The molecule has 0 spiro atoms. The molecular weight excluding hydrogens is 709 g/mol. The minimum atomic E-state index is -0.787. The second-order valence-corrected chi connectivity index (χ2v) is 16.0. The van der Waals surface area contributed by atoms with E-state index in [0.717, 1.165) is 96.3 Å². The van der Waals surface area contributed by atoms with E-state index in [2.05, 4.69) is 69.4 Å². The van der Waals surface area contributed by atoms with Crippen molar-refractivity contribution in [3.8, 4) is 0 Å². The third-order valence-corrected chi connectivity index (χ3v) is 10.3. The molecule has 6 heteroatoms. The molecule has 0 saturated carbocycles. The monoisotopic (exact) mass is 799 g/mol. The van der Waals surface area contributed by atoms with E-state index < -0.39 is 6.10 Å². The molecular formula is C51H90O6. The maximum Gasteiger partial charge on any atom is 0.306 e. The molecule has 0 amide bonds. The van der Waals surface area contributed by atoms with Crippen molar-refractivity contribution in [1.82, 2.24) is 0 Å². The lowest BCUT2D eigenvalue weighted by Gasteiger charge is -2.18. The molecule has 0 saturated heterocycles. The Kier molecular flexibility index (Phi) is 43.9. The quantitative estimate of drug-likeness (QED) is 0.0265. The average molecular weight is 799 g/mol. The Bertz CT molecular complexity index is 1010. The van der Waals surface area contributed by atoms with Crippen molar-refractivity contribution in [3.05, 3.63) is 48.6 Å². The Morgan fingerprint density at radius 1 is 0.368 bits per heavy atom. The molecule has 6 nitrogen and oxygen atoms in total. The lowest BCUT2D eigenvalue weighted by atomic mass is 10.0. The van der Waals surface area contributed by atoms with Crippen molar-refractivity contribution in [2.24, 2.45) is 0 Å². The van der Waals surface area contributed by atoms with E-state index in [1.165, 1.54) is 103 Å². The Balaban J connectivity index is 4.37. The number of carbonyl (C=O) groups is 3. The third kappa shape index (κ3) is 44.3. The molecule has 0 aliphatic rings. The summed E-state index contributed by atoms with van der Waals surface area (Å²) in [7, 11) is 0. The van der Waals surface area contributed by atoms with Crippen LogP contribution in [0.2, 0.25) is 0 Å². The van der Waals surface area contributed by atoms with Crippen LogP contribution >= 0.6 is 0 Å². The molecule has 1 atom stereocenters. The Hall–Kier alpha value is -2.63. The van der Waals surface area contributed by atoms with Crippen LogP contribution in [0.15, 0.2) is 48.6 Å². The molecule has 0 fully saturated rings. The largest absolute Gasteiger partial charge is 0.462 e. The van der Waals surface area contributed by atoms with Crippen molar-refractivity contribution in [2.45, 2.75) is 245 Å². The van der Waals surface area contributed by atoms with E-state index in [-0.39, 0.29) is 31.1 Å². The van der Waals surface area contributed by atoms with Gasteiger partial charge in [0.15, 0.2) is 6.10 Å². The second-order valence-electron chi connectivity index (χ2n) is 16.0. The molecule has 0 aliphatic carbocycles. The van der Waals surface area contributed by atoms with Gasteiger partial charge in [-0.3, -0.25) is 14.4 Å². The molecule has 330 valence electrons. The SMILES string of the molecule is CC/C=C\C/C=C\C/C=C\CCCCCC(=O)OC(COC(=O)CCCCCCC/C=C\CCC)COC(=O)CCCCCCCCCCCCCCCCCC. The summed E-state index contributed by atoms with van der Waals surface area (Å²) in [5, 5.41) is 0. The maximum absolute atomic E-state index is 12.7. The van der Waals surface area contributed by atoms with Gasteiger partial charge < -0.3 is 14.2 Å². The first-order valence-corrected chi connectivity index (χ1v) is 24.1. The van der Waals surface area contributed by atoms with Crippen molar-refractivity contribution in [2.75, 3.05) is 13.2 Å². The highest BCUT2D eigenvalue weighted by molar-refractivity contribution is 5.71. The fourth-order valence-corrected chi connectivity index (χ4v) is 6.69. The molecule has 57 heavy (non-hydrogen) atoms. The highest BCUT2D eigenvalue weighted by Crippen LogP contribution is 2.15. The third-order valence-electron chi connectivity index (χ3n) is 10.3. The van der Waals surface area contributed by atoms with E-state index in [1.807, 2.05) is 0 Å². The van der Waals surface area contributed by atoms with E-state index in [1.54, 1.807) is 0 Å².